The predicted octanol–water partition coefficient (Wildman–Crippen LogP) is 1.78. The van der Waals surface area contributed by atoms with E-state index in [9.17, 15) is 0 Å². The van der Waals surface area contributed by atoms with Crippen LogP contribution in [0.4, 0.5) is 0 Å². The van der Waals surface area contributed by atoms with Crippen LogP contribution < -0.4 is 11.3 Å². The van der Waals surface area contributed by atoms with Crippen LogP contribution in [0, 0.1) is 3.57 Å². The third-order valence-corrected chi connectivity index (χ3v) is 4.47. The largest absolute Gasteiger partial charge is 0.374 e. The van der Waals surface area contributed by atoms with Gasteiger partial charge in [-0.15, -0.1) is 0 Å². The number of nitrogens with one attached hydrogen (secondary N) is 1. The van der Waals surface area contributed by atoms with Gasteiger partial charge in [0.1, 0.15) is 0 Å². The van der Waals surface area contributed by atoms with E-state index in [4.69, 9.17) is 10.6 Å². The molecule has 0 amide bonds. The molecule has 4 nitrogen and oxygen atoms in total. The molecule has 0 aromatic heterocycles. The fraction of sp³-hybridized carbons (Fsp3) is 0.600. The Morgan fingerprint density at radius 1 is 1.45 bits per heavy atom. The number of nitrogens with zero attached hydrogens (tertiary/aromatic N) is 1. The molecule has 0 radical (unpaired) electrons. The Morgan fingerprint density at radius 2 is 2.20 bits per heavy atom. The van der Waals surface area contributed by atoms with Gasteiger partial charge in [0.2, 0.25) is 0 Å². The molecule has 1 aromatic carbocycles. The van der Waals surface area contributed by atoms with Crippen molar-refractivity contribution in [1.82, 2.24) is 10.3 Å². The molecule has 1 aliphatic rings. The Kier molecular flexibility index (Phi) is 6.70. The van der Waals surface area contributed by atoms with Crippen molar-refractivity contribution in [2.24, 2.45) is 5.84 Å². The first-order chi connectivity index (χ1) is 9.72. The number of halogens is 1. The molecule has 20 heavy (non-hydrogen) atoms. The molecule has 2 rings (SSSR count). The van der Waals surface area contributed by atoms with Crippen molar-refractivity contribution in [2.75, 3.05) is 26.2 Å². The van der Waals surface area contributed by atoms with Crippen molar-refractivity contribution in [3.8, 4) is 0 Å². The number of benzene rings is 1. The lowest BCUT2D eigenvalue weighted by Crippen LogP contribution is -2.54. The normalized spacial score (nSPS) is 21.9. The Hall–Kier alpha value is -0.210. The molecule has 2 unspecified atom stereocenters. The molecule has 0 aliphatic carbocycles. The Bertz CT molecular complexity index is 397. The first-order valence-corrected chi connectivity index (χ1v) is 8.35. The van der Waals surface area contributed by atoms with Crippen molar-refractivity contribution < 1.29 is 4.74 Å². The van der Waals surface area contributed by atoms with Gasteiger partial charge < -0.3 is 4.74 Å². The topological polar surface area (TPSA) is 50.5 Å². The molecule has 0 saturated carbocycles. The Labute approximate surface area is 135 Å². The number of hydrogen-bond acceptors (Lipinski definition) is 4. The zero-order valence-electron chi connectivity index (χ0n) is 12.0. The first kappa shape index (κ1) is 16.2. The van der Waals surface area contributed by atoms with Gasteiger partial charge in [-0.1, -0.05) is 19.1 Å². The minimum atomic E-state index is 0.162. The summed E-state index contributed by atoms with van der Waals surface area (Å²) in [5.41, 5.74) is 4.24. The van der Waals surface area contributed by atoms with Crippen molar-refractivity contribution in [3.63, 3.8) is 0 Å². The van der Waals surface area contributed by atoms with Crippen molar-refractivity contribution in [2.45, 2.75) is 31.9 Å². The van der Waals surface area contributed by atoms with Crippen molar-refractivity contribution in [3.05, 3.63) is 33.4 Å². The van der Waals surface area contributed by atoms with Gasteiger partial charge in [-0.3, -0.25) is 16.2 Å². The Balaban J connectivity index is 1.95. The van der Waals surface area contributed by atoms with Crippen molar-refractivity contribution in [1.29, 1.82) is 0 Å². The molecule has 1 aromatic rings. The van der Waals surface area contributed by atoms with Crippen LogP contribution in [-0.4, -0.2) is 43.3 Å². The molecule has 1 fully saturated rings. The molecule has 112 valence electrons. The molecular formula is C15H24IN3O. The van der Waals surface area contributed by atoms with E-state index in [1.54, 1.807) is 0 Å². The summed E-state index contributed by atoms with van der Waals surface area (Å²) < 4.78 is 7.17. The third-order valence-electron chi connectivity index (χ3n) is 3.75. The monoisotopic (exact) mass is 389 g/mol. The summed E-state index contributed by atoms with van der Waals surface area (Å²) in [7, 11) is 0. The molecule has 1 heterocycles. The fourth-order valence-corrected chi connectivity index (χ4v) is 3.03. The number of morpholine rings is 1. The van der Waals surface area contributed by atoms with Crippen LogP contribution in [0.25, 0.3) is 0 Å². The number of nitrogens with two attached hydrogens (primary N) is 1. The lowest BCUT2D eigenvalue weighted by atomic mass is 10.0. The van der Waals surface area contributed by atoms with Crippen LogP contribution in [0.3, 0.4) is 0 Å². The number of hydrogen-bond donors (Lipinski definition) is 2. The summed E-state index contributed by atoms with van der Waals surface area (Å²) in [5, 5.41) is 0. The van der Waals surface area contributed by atoms with E-state index in [2.05, 4.69) is 64.1 Å². The minimum absolute atomic E-state index is 0.162. The Morgan fingerprint density at radius 3 is 2.85 bits per heavy atom. The number of ether oxygens (including phenoxy) is 1. The fourth-order valence-electron chi connectivity index (χ4n) is 2.67. The highest BCUT2D eigenvalue weighted by Gasteiger charge is 2.27. The highest BCUT2D eigenvalue weighted by Crippen LogP contribution is 2.14. The summed E-state index contributed by atoms with van der Waals surface area (Å²) in [5.74, 6) is 5.75. The maximum Gasteiger partial charge on any atom is 0.0871 e. The van der Waals surface area contributed by atoms with E-state index in [0.29, 0.717) is 0 Å². The smallest absolute Gasteiger partial charge is 0.0871 e. The van der Waals surface area contributed by atoms with Crippen LogP contribution in [-0.2, 0) is 11.2 Å². The lowest BCUT2D eigenvalue weighted by Gasteiger charge is -2.36. The van der Waals surface area contributed by atoms with Crippen LogP contribution in [0.15, 0.2) is 24.3 Å². The predicted molar refractivity (Wildman–Crippen MR) is 90.4 cm³/mol. The van der Waals surface area contributed by atoms with Crippen LogP contribution in [0.5, 0.6) is 0 Å². The van der Waals surface area contributed by atoms with Gasteiger partial charge in [0.25, 0.3) is 0 Å². The van der Waals surface area contributed by atoms with Gasteiger partial charge in [0.05, 0.1) is 18.8 Å². The van der Waals surface area contributed by atoms with Gasteiger partial charge in [-0.2, -0.15) is 0 Å². The summed E-state index contributed by atoms with van der Waals surface area (Å²) in [6.07, 6.45) is 2.25. The van der Waals surface area contributed by atoms with Gasteiger partial charge in [0.15, 0.2) is 0 Å². The standard InChI is InChI=1S/C15H24IN3O/c1-2-7-19-8-9-20-15(11-19)14(18-17)10-12-3-5-13(16)6-4-12/h3-6,14-15,18H,2,7-11,17H2,1H3. The minimum Gasteiger partial charge on any atom is -0.374 e. The quantitative estimate of drug-likeness (QED) is 0.443. The van der Waals surface area contributed by atoms with Crippen molar-refractivity contribution >= 4 is 22.6 Å². The maximum atomic E-state index is 5.92. The SMILES string of the molecule is CCCN1CCOC(C(Cc2ccc(I)cc2)NN)C1. The molecule has 1 aliphatic heterocycles. The van der Waals surface area contributed by atoms with E-state index in [-0.39, 0.29) is 12.1 Å². The van der Waals surface area contributed by atoms with E-state index in [0.717, 1.165) is 32.7 Å². The molecule has 3 N–H and O–H groups in total. The maximum absolute atomic E-state index is 5.92. The van der Waals surface area contributed by atoms with Crippen LogP contribution >= 0.6 is 22.6 Å². The summed E-state index contributed by atoms with van der Waals surface area (Å²) in [4.78, 5) is 2.46. The van der Waals surface area contributed by atoms with Gasteiger partial charge in [0, 0.05) is 16.7 Å². The van der Waals surface area contributed by atoms with Gasteiger partial charge >= 0.3 is 0 Å². The molecule has 5 heteroatoms. The molecule has 1 saturated heterocycles. The van der Waals surface area contributed by atoms with Gasteiger partial charge in [-0.25, -0.2) is 0 Å². The summed E-state index contributed by atoms with van der Waals surface area (Å²) in [6, 6.07) is 8.76. The lowest BCUT2D eigenvalue weighted by molar-refractivity contribution is -0.0462. The molecule has 0 spiro atoms. The zero-order valence-corrected chi connectivity index (χ0v) is 14.2. The van der Waals surface area contributed by atoms with Gasteiger partial charge in [-0.05, 0) is 59.7 Å². The van der Waals surface area contributed by atoms with E-state index in [1.807, 2.05) is 0 Å². The highest BCUT2D eigenvalue weighted by atomic mass is 127. The first-order valence-electron chi connectivity index (χ1n) is 7.27. The number of rotatable bonds is 6. The molecular weight excluding hydrogens is 365 g/mol. The van der Waals surface area contributed by atoms with Crippen LogP contribution in [0.2, 0.25) is 0 Å². The summed E-state index contributed by atoms with van der Waals surface area (Å²) >= 11 is 2.32. The van der Waals surface area contributed by atoms with E-state index in [1.165, 1.54) is 15.6 Å². The van der Waals surface area contributed by atoms with E-state index < -0.39 is 0 Å². The second kappa shape index (κ2) is 8.29. The average molecular weight is 389 g/mol. The second-order valence-electron chi connectivity index (χ2n) is 5.31. The zero-order chi connectivity index (χ0) is 14.4. The van der Waals surface area contributed by atoms with E-state index >= 15 is 0 Å². The molecule has 2 atom stereocenters. The number of hydrazine groups is 1. The average Bonchev–Trinajstić information content (AvgIpc) is 2.47. The highest BCUT2D eigenvalue weighted by molar-refractivity contribution is 14.1. The van der Waals surface area contributed by atoms with Crippen LogP contribution in [0.1, 0.15) is 18.9 Å². The second-order valence-corrected chi connectivity index (χ2v) is 6.56. The third kappa shape index (κ3) is 4.66. The molecule has 0 bridgehead atoms. The summed E-state index contributed by atoms with van der Waals surface area (Å²) in [6.45, 7) is 6.16.